The van der Waals surface area contributed by atoms with Gasteiger partial charge in [0.1, 0.15) is 5.15 Å². The Morgan fingerprint density at radius 2 is 2.29 bits per heavy atom. The maximum atomic E-state index is 12.3. The van der Waals surface area contributed by atoms with Crippen molar-refractivity contribution >= 4 is 23.4 Å². The third-order valence-electron chi connectivity index (χ3n) is 3.58. The molecule has 0 radical (unpaired) electrons. The summed E-state index contributed by atoms with van der Waals surface area (Å²) in [5.41, 5.74) is 1.35. The molecular formula is C15H20ClN3O2. The standard InChI is InChI=1S/C15H20ClN3O2/c1-3-4-11-7-10(8-13(16)17-11)15(21)18-12-5-6-14(20)19(2)9-12/h7-8,12H,3-6,9H2,1-2H3,(H,18,21). The van der Waals surface area contributed by atoms with Crippen molar-refractivity contribution in [1.29, 1.82) is 0 Å². The summed E-state index contributed by atoms with van der Waals surface area (Å²) in [7, 11) is 1.75. The molecule has 0 aliphatic carbocycles. The highest BCUT2D eigenvalue weighted by molar-refractivity contribution is 6.29. The number of hydrogen-bond donors (Lipinski definition) is 1. The molecule has 1 aromatic heterocycles. The zero-order valence-corrected chi connectivity index (χ0v) is 13.1. The number of likely N-dealkylation sites (tertiary alicyclic amines) is 1. The molecular weight excluding hydrogens is 290 g/mol. The van der Waals surface area contributed by atoms with Gasteiger partial charge in [0.05, 0.1) is 0 Å². The molecule has 0 bridgehead atoms. The van der Waals surface area contributed by atoms with Crippen LogP contribution in [0.5, 0.6) is 0 Å². The monoisotopic (exact) mass is 309 g/mol. The van der Waals surface area contributed by atoms with Gasteiger partial charge < -0.3 is 10.2 Å². The average molecular weight is 310 g/mol. The molecule has 1 aromatic rings. The molecule has 6 heteroatoms. The second-order valence-corrected chi connectivity index (χ2v) is 5.79. The quantitative estimate of drug-likeness (QED) is 0.866. The summed E-state index contributed by atoms with van der Waals surface area (Å²) in [5, 5.41) is 3.30. The van der Waals surface area contributed by atoms with E-state index in [1.165, 1.54) is 0 Å². The van der Waals surface area contributed by atoms with Crippen molar-refractivity contribution in [3.63, 3.8) is 0 Å². The van der Waals surface area contributed by atoms with Gasteiger partial charge in [-0.2, -0.15) is 0 Å². The normalized spacial score (nSPS) is 18.7. The molecule has 0 spiro atoms. The topological polar surface area (TPSA) is 62.3 Å². The van der Waals surface area contributed by atoms with Gasteiger partial charge in [-0.25, -0.2) is 4.98 Å². The Hall–Kier alpha value is -1.62. The molecule has 1 fully saturated rings. The number of hydrogen-bond acceptors (Lipinski definition) is 3. The van der Waals surface area contributed by atoms with Crippen LogP contribution in [0.1, 0.15) is 42.2 Å². The first kappa shape index (κ1) is 15.8. The van der Waals surface area contributed by atoms with Crippen LogP contribution in [0, 0.1) is 0 Å². The molecule has 1 atom stereocenters. The number of likely N-dealkylation sites (N-methyl/N-ethyl adjacent to an activating group) is 1. The highest BCUT2D eigenvalue weighted by Crippen LogP contribution is 2.14. The van der Waals surface area contributed by atoms with Gasteiger partial charge in [-0.05, 0) is 25.0 Å². The van der Waals surface area contributed by atoms with Gasteiger partial charge in [0.2, 0.25) is 5.91 Å². The van der Waals surface area contributed by atoms with E-state index in [1.807, 2.05) is 0 Å². The van der Waals surface area contributed by atoms with E-state index in [2.05, 4.69) is 17.2 Å². The predicted octanol–water partition coefficient (Wildman–Crippen LogP) is 2.04. The smallest absolute Gasteiger partial charge is 0.251 e. The Labute approximate surface area is 129 Å². The lowest BCUT2D eigenvalue weighted by molar-refractivity contribution is -0.132. The van der Waals surface area contributed by atoms with Gasteiger partial charge in [0.25, 0.3) is 5.91 Å². The van der Waals surface area contributed by atoms with Crippen molar-refractivity contribution in [3.8, 4) is 0 Å². The Balaban J connectivity index is 2.04. The summed E-state index contributed by atoms with van der Waals surface area (Å²) in [6, 6.07) is 3.35. The molecule has 5 nitrogen and oxygen atoms in total. The third-order valence-corrected chi connectivity index (χ3v) is 3.77. The first-order chi connectivity index (χ1) is 9.99. The van der Waals surface area contributed by atoms with Crippen LogP contribution in [0.15, 0.2) is 12.1 Å². The first-order valence-corrected chi connectivity index (χ1v) is 7.58. The number of carbonyl (C=O) groups is 2. The van der Waals surface area contributed by atoms with Crippen LogP contribution in [0.25, 0.3) is 0 Å². The first-order valence-electron chi connectivity index (χ1n) is 7.21. The van der Waals surface area contributed by atoms with Gasteiger partial charge in [-0.1, -0.05) is 24.9 Å². The molecule has 2 rings (SSSR count). The van der Waals surface area contributed by atoms with E-state index in [0.717, 1.165) is 18.5 Å². The van der Waals surface area contributed by atoms with Gasteiger partial charge in [-0.3, -0.25) is 9.59 Å². The highest BCUT2D eigenvalue weighted by atomic mass is 35.5. The number of nitrogens with zero attached hydrogens (tertiary/aromatic N) is 2. The zero-order chi connectivity index (χ0) is 15.4. The summed E-state index contributed by atoms with van der Waals surface area (Å²) >= 11 is 5.97. The van der Waals surface area contributed by atoms with Crippen molar-refractivity contribution in [2.24, 2.45) is 0 Å². The number of rotatable bonds is 4. The van der Waals surface area contributed by atoms with Gasteiger partial charge >= 0.3 is 0 Å². The largest absolute Gasteiger partial charge is 0.348 e. The fourth-order valence-electron chi connectivity index (χ4n) is 2.47. The minimum absolute atomic E-state index is 0.0123. The zero-order valence-electron chi connectivity index (χ0n) is 12.4. The van der Waals surface area contributed by atoms with Crippen molar-refractivity contribution in [3.05, 3.63) is 28.5 Å². The summed E-state index contributed by atoms with van der Waals surface area (Å²) < 4.78 is 0. The fourth-order valence-corrected chi connectivity index (χ4v) is 2.69. The number of nitrogens with one attached hydrogen (secondary N) is 1. The number of aromatic nitrogens is 1. The Morgan fingerprint density at radius 3 is 2.95 bits per heavy atom. The van der Waals surface area contributed by atoms with E-state index >= 15 is 0 Å². The van der Waals surface area contributed by atoms with E-state index < -0.39 is 0 Å². The van der Waals surface area contributed by atoms with Crippen molar-refractivity contribution in [2.45, 2.75) is 38.6 Å². The minimum atomic E-state index is -0.163. The molecule has 1 aliphatic rings. The van der Waals surface area contributed by atoms with Crippen LogP contribution >= 0.6 is 11.6 Å². The lowest BCUT2D eigenvalue weighted by Crippen LogP contribution is -2.48. The van der Waals surface area contributed by atoms with E-state index in [9.17, 15) is 9.59 Å². The number of aryl methyl sites for hydroxylation is 1. The molecule has 1 saturated heterocycles. The van der Waals surface area contributed by atoms with Crippen LogP contribution in [-0.4, -0.2) is 41.3 Å². The molecule has 1 unspecified atom stereocenters. The molecule has 21 heavy (non-hydrogen) atoms. The van der Waals surface area contributed by atoms with E-state index in [-0.39, 0.29) is 17.9 Å². The number of amides is 2. The summed E-state index contributed by atoms with van der Waals surface area (Å²) in [5.74, 6) is -0.0397. The van der Waals surface area contributed by atoms with Crippen LogP contribution in [-0.2, 0) is 11.2 Å². The van der Waals surface area contributed by atoms with Crippen molar-refractivity contribution < 1.29 is 9.59 Å². The number of halogens is 1. The summed E-state index contributed by atoms with van der Waals surface area (Å²) in [6.07, 6.45) is 2.89. The second kappa shape index (κ2) is 6.89. The number of piperidine rings is 1. The molecule has 0 saturated carbocycles. The van der Waals surface area contributed by atoms with Gasteiger partial charge in [0.15, 0.2) is 0 Å². The second-order valence-electron chi connectivity index (χ2n) is 5.40. The van der Waals surface area contributed by atoms with Crippen molar-refractivity contribution in [1.82, 2.24) is 15.2 Å². The van der Waals surface area contributed by atoms with E-state index in [1.54, 1.807) is 24.1 Å². The predicted molar refractivity (Wildman–Crippen MR) is 81.4 cm³/mol. The Morgan fingerprint density at radius 1 is 1.52 bits per heavy atom. The van der Waals surface area contributed by atoms with Crippen LogP contribution < -0.4 is 5.32 Å². The fraction of sp³-hybridized carbons (Fsp3) is 0.533. The Kier molecular flexibility index (Phi) is 5.17. The Bertz CT molecular complexity index is 548. The molecule has 114 valence electrons. The lowest BCUT2D eigenvalue weighted by atomic mass is 10.0. The molecule has 1 N–H and O–H groups in total. The highest BCUT2D eigenvalue weighted by Gasteiger charge is 2.24. The molecule has 0 aromatic carbocycles. The SMILES string of the molecule is CCCc1cc(C(=O)NC2CCC(=O)N(C)C2)cc(Cl)n1. The van der Waals surface area contributed by atoms with Crippen LogP contribution in [0.3, 0.4) is 0 Å². The van der Waals surface area contributed by atoms with E-state index in [0.29, 0.717) is 30.1 Å². The molecule has 1 aliphatic heterocycles. The minimum Gasteiger partial charge on any atom is -0.348 e. The maximum absolute atomic E-state index is 12.3. The van der Waals surface area contributed by atoms with Gasteiger partial charge in [0, 0.05) is 37.3 Å². The van der Waals surface area contributed by atoms with Crippen LogP contribution in [0.2, 0.25) is 5.15 Å². The summed E-state index contributed by atoms with van der Waals surface area (Å²) in [6.45, 7) is 2.60. The lowest BCUT2D eigenvalue weighted by Gasteiger charge is -2.30. The van der Waals surface area contributed by atoms with Gasteiger partial charge in [-0.15, -0.1) is 0 Å². The van der Waals surface area contributed by atoms with Crippen LogP contribution in [0.4, 0.5) is 0 Å². The van der Waals surface area contributed by atoms with Crippen molar-refractivity contribution in [2.75, 3.05) is 13.6 Å². The number of pyridine rings is 1. The molecule has 2 amide bonds. The summed E-state index contributed by atoms with van der Waals surface area (Å²) in [4.78, 5) is 29.6. The molecule has 2 heterocycles. The van der Waals surface area contributed by atoms with E-state index in [4.69, 9.17) is 11.6 Å². The maximum Gasteiger partial charge on any atom is 0.251 e. The number of carbonyl (C=O) groups excluding carboxylic acids is 2. The third kappa shape index (κ3) is 4.17. The average Bonchev–Trinajstić information content (AvgIpc) is 2.42.